The highest BCUT2D eigenvalue weighted by atomic mass is 16.4. The van der Waals surface area contributed by atoms with Crippen molar-refractivity contribution in [1.29, 1.82) is 0 Å². The number of hydrogen-bond donors (Lipinski definition) is 3. The normalized spacial score (nSPS) is 16.2. The van der Waals surface area contributed by atoms with Crippen LogP contribution in [0.2, 0.25) is 0 Å². The van der Waals surface area contributed by atoms with E-state index in [4.69, 9.17) is 0 Å². The number of rotatable bonds is 13. The summed E-state index contributed by atoms with van der Waals surface area (Å²) in [5.74, 6) is -0.359. The molecule has 0 aliphatic carbocycles. The van der Waals surface area contributed by atoms with Crippen molar-refractivity contribution in [1.82, 2.24) is 25.0 Å². The summed E-state index contributed by atoms with van der Waals surface area (Å²) in [5, 5.41) is 25.5. The summed E-state index contributed by atoms with van der Waals surface area (Å²) in [6.45, 7) is 14.4. The average molecular weight is 672 g/mol. The van der Waals surface area contributed by atoms with Crippen LogP contribution in [0.15, 0.2) is 78.9 Å². The first-order chi connectivity index (χ1) is 23.0. The van der Waals surface area contributed by atoms with Gasteiger partial charge in [0.15, 0.2) is 0 Å². The quantitative estimate of drug-likeness (QED) is 0.208. The number of urea groups is 1. The number of aliphatic hydroxyl groups excluding tert-OH is 1. The van der Waals surface area contributed by atoms with Crippen LogP contribution in [0.3, 0.4) is 0 Å². The Balaban J connectivity index is 1.61. The van der Waals surface area contributed by atoms with E-state index in [1.165, 1.54) is 4.90 Å². The molecule has 4 amide bonds. The highest BCUT2D eigenvalue weighted by Gasteiger charge is 2.45. The number of nitrogens with zero attached hydrogens (tertiary/aromatic N) is 4. The van der Waals surface area contributed by atoms with Crippen molar-refractivity contribution in [3.8, 4) is 0 Å². The molecule has 0 spiro atoms. The van der Waals surface area contributed by atoms with Gasteiger partial charge in [-0.15, -0.1) is 0 Å². The van der Waals surface area contributed by atoms with Crippen LogP contribution in [-0.4, -0.2) is 90.8 Å². The Labute approximate surface area is 291 Å². The maximum Gasteiger partial charge on any atom is 0.407 e. The van der Waals surface area contributed by atoms with E-state index in [2.05, 4.69) is 10.3 Å². The fourth-order valence-electron chi connectivity index (χ4n) is 6.89. The van der Waals surface area contributed by atoms with Gasteiger partial charge in [-0.2, -0.15) is 0 Å². The molecule has 3 aromatic rings. The van der Waals surface area contributed by atoms with Gasteiger partial charge in [0.05, 0.1) is 24.4 Å². The highest BCUT2D eigenvalue weighted by Crippen LogP contribution is 2.30. The van der Waals surface area contributed by atoms with Crippen LogP contribution in [-0.2, 0) is 24.2 Å². The molecule has 4 atom stereocenters. The summed E-state index contributed by atoms with van der Waals surface area (Å²) >= 11 is 0. The van der Waals surface area contributed by atoms with Gasteiger partial charge in [-0.25, -0.2) is 9.59 Å². The Bertz CT molecular complexity index is 1550. The zero-order valence-electron chi connectivity index (χ0n) is 30.0. The monoisotopic (exact) mass is 671 g/mol. The van der Waals surface area contributed by atoms with Crippen LogP contribution in [0.25, 0.3) is 0 Å². The molecule has 1 aliphatic rings. The third-order valence-electron chi connectivity index (χ3n) is 9.02. The van der Waals surface area contributed by atoms with Gasteiger partial charge in [-0.3, -0.25) is 9.78 Å². The second-order valence-electron chi connectivity index (χ2n) is 15.2. The van der Waals surface area contributed by atoms with E-state index in [1.54, 1.807) is 9.80 Å². The molecule has 2 aromatic carbocycles. The lowest BCUT2D eigenvalue weighted by molar-refractivity contribution is -0.130. The minimum atomic E-state index is -1.10. The van der Waals surface area contributed by atoms with Crippen LogP contribution in [0.4, 0.5) is 9.59 Å². The lowest BCUT2D eigenvalue weighted by Crippen LogP contribution is -2.59. The smallest absolute Gasteiger partial charge is 0.407 e. The zero-order valence-corrected chi connectivity index (χ0v) is 30.0. The van der Waals surface area contributed by atoms with Gasteiger partial charge in [0.2, 0.25) is 5.91 Å². The average Bonchev–Trinajstić information content (AvgIpc) is 3.34. The van der Waals surface area contributed by atoms with E-state index in [0.29, 0.717) is 32.5 Å². The van der Waals surface area contributed by atoms with Crippen molar-refractivity contribution < 1.29 is 24.6 Å². The highest BCUT2D eigenvalue weighted by molar-refractivity contribution is 5.89. The Morgan fingerprint density at radius 1 is 0.878 bits per heavy atom. The van der Waals surface area contributed by atoms with Crippen LogP contribution in [0, 0.1) is 12.3 Å². The number of benzene rings is 2. The van der Waals surface area contributed by atoms with E-state index in [0.717, 1.165) is 22.5 Å². The van der Waals surface area contributed by atoms with Crippen molar-refractivity contribution in [2.24, 2.45) is 5.41 Å². The fraction of sp³-hybridized carbons (Fsp3) is 0.487. The number of carbonyl (C=O) groups excluding carboxylic acids is 2. The number of aryl methyl sites for hydroxylation is 1. The third kappa shape index (κ3) is 10.0. The molecule has 0 unspecified atom stereocenters. The van der Waals surface area contributed by atoms with Crippen molar-refractivity contribution in [2.75, 3.05) is 13.1 Å². The molecule has 0 saturated carbocycles. The molecule has 1 fully saturated rings. The number of aromatic nitrogens is 1. The van der Waals surface area contributed by atoms with Crippen LogP contribution < -0.4 is 5.32 Å². The molecule has 264 valence electrons. The number of pyridine rings is 1. The van der Waals surface area contributed by atoms with Crippen LogP contribution >= 0.6 is 0 Å². The number of aliphatic hydroxyl groups is 1. The topological polar surface area (TPSA) is 126 Å². The minimum Gasteiger partial charge on any atom is -0.465 e. The lowest BCUT2D eigenvalue weighted by Gasteiger charge is -2.42. The van der Waals surface area contributed by atoms with Gasteiger partial charge in [0.25, 0.3) is 0 Å². The number of nitrogens with one attached hydrogen (secondary N) is 1. The summed E-state index contributed by atoms with van der Waals surface area (Å²) in [7, 11) is 0. The summed E-state index contributed by atoms with van der Waals surface area (Å²) in [5.41, 5.74) is 2.16. The molecule has 3 N–H and O–H groups in total. The molecule has 0 radical (unpaired) electrons. The molecule has 2 heterocycles. The Kier molecular flexibility index (Phi) is 12.1. The number of hydrogen-bond acceptors (Lipinski definition) is 5. The number of carbonyl (C=O) groups is 3. The largest absolute Gasteiger partial charge is 0.465 e. The van der Waals surface area contributed by atoms with Gasteiger partial charge < -0.3 is 30.2 Å². The third-order valence-corrected chi connectivity index (χ3v) is 9.02. The lowest BCUT2D eigenvalue weighted by atomic mass is 9.84. The molecule has 1 saturated heterocycles. The maximum atomic E-state index is 14.4. The van der Waals surface area contributed by atoms with Crippen molar-refractivity contribution in [3.63, 3.8) is 0 Å². The van der Waals surface area contributed by atoms with Crippen molar-refractivity contribution in [2.45, 2.75) is 104 Å². The Hall–Kier alpha value is -4.44. The molecule has 1 aromatic heterocycles. The first-order valence-electron chi connectivity index (χ1n) is 17.1. The van der Waals surface area contributed by atoms with Gasteiger partial charge >= 0.3 is 12.1 Å². The second-order valence-corrected chi connectivity index (χ2v) is 15.2. The number of amides is 4. The van der Waals surface area contributed by atoms with Gasteiger partial charge in [-0.1, -0.05) is 87.5 Å². The minimum absolute atomic E-state index is 0.0936. The maximum absolute atomic E-state index is 14.4. The van der Waals surface area contributed by atoms with Crippen LogP contribution in [0.1, 0.15) is 70.5 Å². The SMILES string of the molecule is Cc1cccc(CN2CCN([C@H](C(=O)N[C@@H](Cc3ccccc3)[C@@H](O)C[C@H](Cc3ccccc3)N(C(=O)O)C(C)(C)C)C(C)(C)C)C2=O)n1. The van der Waals surface area contributed by atoms with Gasteiger partial charge in [0, 0.05) is 30.4 Å². The van der Waals surface area contributed by atoms with Crippen molar-refractivity contribution in [3.05, 3.63) is 101 Å². The predicted octanol–water partition coefficient (Wildman–Crippen LogP) is 5.91. The van der Waals surface area contributed by atoms with E-state index in [9.17, 15) is 24.6 Å². The molecule has 0 bridgehead atoms. The van der Waals surface area contributed by atoms with Crippen LogP contribution in [0.5, 0.6) is 0 Å². The van der Waals surface area contributed by atoms with E-state index in [-0.39, 0.29) is 18.4 Å². The Morgan fingerprint density at radius 3 is 2.00 bits per heavy atom. The van der Waals surface area contributed by atoms with E-state index in [1.807, 2.05) is 127 Å². The molecule has 10 heteroatoms. The zero-order chi connectivity index (χ0) is 35.9. The molecule has 10 nitrogen and oxygen atoms in total. The standard InChI is InChI=1S/C39H53N5O5/c1-27-15-14-20-30(40-27)26-42-21-22-43(36(42)47)34(38(2,3)4)35(46)41-32(24-29-18-12-9-13-19-29)33(45)25-31(23-28-16-10-8-11-17-28)44(37(48)49)39(5,6)7/h8-20,31-34,45H,21-26H2,1-7H3,(H,41,46)(H,48,49)/t31-,32-,33-,34+/m0/s1. The predicted molar refractivity (Wildman–Crippen MR) is 191 cm³/mol. The number of carboxylic acid groups (broad SMARTS) is 1. The first-order valence-corrected chi connectivity index (χ1v) is 17.1. The summed E-state index contributed by atoms with van der Waals surface area (Å²) in [4.78, 5) is 50.1. The summed E-state index contributed by atoms with van der Waals surface area (Å²) in [6, 6.07) is 22.6. The summed E-state index contributed by atoms with van der Waals surface area (Å²) in [6.07, 6.45) is -1.36. The van der Waals surface area contributed by atoms with E-state index >= 15 is 0 Å². The van der Waals surface area contributed by atoms with Gasteiger partial charge in [0.1, 0.15) is 6.04 Å². The molecule has 1 aliphatic heterocycles. The molecule has 49 heavy (non-hydrogen) atoms. The molecular formula is C39H53N5O5. The molecular weight excluding hydrogens is 618 g/mol. The summed E-state index contributed by atoms with van der Waals surface area (Å²) < 4.78 is 0. The fourth-order valence-corrected chi connectivity index (χ4v) is 6.89. The Morgan fingerprint density at radius 2 is 1.47 bits per heavy atom. The second kappa shape index (κ2) is 15.8. The molecule has 4 rings (SSSR count). The first kappa shape index (κ1) is 37.4. The van der Waals surface area contributed by atoms with E-state index < -0.39 is 41.3 Å². The van der Waals surface area contributed by atoms with Gasteiger partial charge in [-0.05, 0) is 75.6 Å². The van der Waals surface area contributed by atoms with Crippen molar-refractivity contribution >= 4 is 18.0 Å².